The number of nitrogens with zero attached hydrogens (tertiary/aromatic N) is 1. The van der Waals surface area contributed by atoms with Gasteiger partial charge >= 0.3 is 0 Å². The van der Waals surface area contributed by atoms with E-state index in [-0.39, 0.29) is 10.6 Å². The normalized spacial score (nSPS) is 10.6. The van der Waals surface area contributed by atoms with E-state index in [2.05, 4.69) is 9.97 Å². The fraction of sp³-hybridized carbons (Fsp3) is 0.167. The number of rotatable bonds is 1. The van der Waals surface area contributed by atoms with Gasteiger partial charge in [0.1, 0.15) is 11.6 Å². The highest BCUT2D eigenvalue weighted by molar-refractivity contribution is 6.30. The number of aromatic nitrogens is 2. The highest BCUT2D eigenvalue weighted by atomic mass is 35.5. The van der Waals surface area contributed by atoms with Crippen LogP contribution in [0.4, 0.5) is 4.39 Å². The van der Waals surface area contributed by atoms with Crippen LogP contribution in [-0.4, -0.2) is 9.97 Å². The molecule has 88 valence electrons. The molecule has 2 aromatic rings. The van der Waals surface area contributed by atoms with Crippen LogP contribution < -0.4 is 5.56 Å². The van der Waals surface area contributed by atoms with Gasteiger partial charge in [-0.25, -0.2) is 9.37 Å². The molecule has 17 heavy (non-hydrogen) atoms. The number of halogens is 2. The van der Waals surface area contributed by atoms with E-state index in [0.29, 0.717) is 22.6 Å². The molecule has 2 rings (SSSR count). The van der Waals surface area contributed by atoms with Crippen molar-refractivity contribution in [2.75, 3.05) is 0 Å². The molecular formula is C12H10ClFN2O. The Kier molecular flexibility index (Phi) is 2.98. The summed E-state index contributed by atoms with van der Waals surface area (Å²) in [7, 11) is 0. The molecule has 0 radical (unpaired) electrons. The summed E-state index contributed by atoms with van der Waals surface area (Å²) in [6.07, 6.45) is 0. The van der Waals surface area contributed by atoms with Gasteiger partial charge in [0.2, 0.25) is 0 Å². The minimum Gasteiger partial charge on any atom is -0.311 e. The summed E-state index contributed by atoms with van der Waals surface area (Å²) < 4.78 is 13.2. The van der Waals surface area contributed by atoms with Crippen molar-refractivity contribution >= 4 is 11.6 Å². The Balaban J connectivity index is 2.72. The van der Waals surface area contributed by atoms with Crippen LogP contribution in [0.25, 0.3) is 11.3 Å². The molecule has 0 amide bonds. The average Bonchev–Trinajstić information content (AvgIpc) is 2.22. The molecule has 0 saturated heterocycles. The fourth-order valence-electron chi connectivity index (χ4n) is 1.62. The van der Waals surface area contributed by atoms with Crippen molar-refractivity contribution in [3.05, 3.63) is 50.8 Å². The topological polar surface area (TPSA) is 45.8 Å². The lowest BCUT2D eigenvalue weighted by Crippen LogP contribution is -2.14. The molecule has 0 aliphatic rings. The second-order valence-corrected chi connectivity index (χ2v) is 4.22. The molecule has 0 spiro atoms. The first-order valence-corrected chi connectivity index (χ1v) is 5.39. The highest BCUT2D eigenvalue weighted by Gasteiger charge is 2.10. The SMILES string of the molecule is Cc1nc(-c2cc(F)cc(Cl)c2)c(C)c(=O)[nH]1. The largest absolute Gasteiger partial charge is 0.311 e. The van der Waals surface area contributed by atoms with E-state index in [1.165, 1.54) is 12.1 Å². The monoisotopic (exact) mass is 252 g/mol. The van der Waals surface area contributed by atoms with Gasteiger partial charge in [-0.1, -0.05) is 11.6 Å². The van der Waals surface area contributed by atoms with E-state index in [4.69, 9.17) is 11.6 Å². The molecule has 5 heteroatoms. The van der Waals surface area contributed by atoms with Crippen LogP contribution >= 0.6 is 11.6 Å². The Morgan fingerprint density at radius 3 is 2.65 bits per heavy atom. The van der Waals surface area contributed by atoms with Gasteiger partial charge < -0.3 is 4.98 Å². The summed E-state index contributed by atoms with van der Waals surface area (Å²) in [4.78, 5) is 18.4. The number of aryl methyl sites for hydroxylation is 1. The molecule has 0 fully saturated rings. The van der Waals surface area contributed by atoms with Gasteiger partial charge in [0.25, 0.3) is 5.56 Å². The quantitative estimate of drug-likeness (QED) is 0.848. The molecule has 0 aliphatic carbocycles. The Hall–Kier alpha value is -1.68. The van der Waals surface area contributed by atoms with Crippen molar-refractivity contribution in [1.29, 1.82) is 0 Å². The molecule has 0 bridgehead atoms. The minimum atomic E-state index is -0.452. The molecule has 0 aliphatic heterocycles. The smallest absolute Gasteiger partial charge is 0.254 e. The van der Waals surface area contributed by atoms with Gasteiger partial charge in [-0.15, -0.1) is 0 Å². The average molecular weight is 253 g/mol. The number of H-pyrrole nitrogens is 1. The molecule has 1 aromatic heterocycles. The Labute approximate surface area is 102 Å². The first-order chi connectivity index (χ1) is 7.97. The van der Waals surface area contributed by atoms with E-state index in [0.717, 1.165) is 0 Å². The summed E-state index contributed by atoms with van der Waals surface area (Å²) in [5.41, 5.74) is 1.17. The number of nitrogens with one attached hydrogen (secondary N) is 1. The lowest BCUT2D eigenvalue weighted by molar-refractivity contribution is 0.628. The molecule has 0 unspecified atom stereocenters. The van der Waals surface area contributed by atoms with E-state index >= 15 is 0 Å². The van der Waals surface area contributed by atoms with Crippen LogP contribution in [0, 0.1) is 19.7 Å². The maximum atomic E-state index is 13.2. The summed E-state index contributed by atoms with van der Waals surface area (Å²) in [5.74, 6) is 0.0302. The summed E-state index contributed by atoms with van der Waals surface area (Å²) >= 11 is 5.78. The minimum absolute atomic E-state index is 0.229. The first kappa shape index (κ1) is 11.8. The second-order valence-electron chi connectivity index (χ2n) is 3.78. The van der Waals surface area contributed by atoms with Crippen molar-refractivity contribution in [3.63, 3.8) is 0 Å². The number of hydrogen-bond acceptors (Lipinski definition) is 2. The van der Waals surface area contributed by atoms with Gasteiger partial charge in [0, 0.05) is 16.1 Å². The predicted octanol–water partition coefficient (Wildman–Crippen LogP) is 2.85. The van der Waals surface area contributed by atoms with Crippen LogP contribution in [0.1, 0.15) is 11.4 Å². The van der Waals surface area contributed by atoms with Crippen molar-refractivity contribution in [1.82, 2.24) is 9.97 Å². The van der Waals surface area contributed by atoms with Gasteiger partial charge in [0.05, 0.1) is 5.69 Å². The standard InChI is InChI=1S/C12H10ClFN2O/c1-6-11(15-7(2)16-12(6)17)8-3-9(13)5-10(14)4-8/h3-5H,1-2H3,(H,15,16,17). The van der Waals surface area contributed by atoms with Crippen LogP contribution in [-0.2, 0) is 0 Å². The lowest BCUT2D eigenvalue weighted by atomic mass is 10.1. The first-order valence-electron chi connectivity index (χ1n) is 5.01. The van der Waals surface area contributed by atoms with E-state index in [9.17, 15) is 9.18 Å². The van der Waals surface area contributed by atoms with Crippen LogP contribution in [0.15, 0.2) is 23.0 Å². The van der Waals surface area contributed by atoms with Gasteiger partial charge in [-0.05, 0) is 32.0 Å². The van der Waals surface area contributed by atoms with Crippen molar-refractivity contribution in [2.24, 2.45) is 0 Å². The number of hydrogen-bond donors (Lipinski definition) is 1. The lowest BCUT2D eigenvalue weighted by Gasteiger charge is -2.06. The van der Waals surface area contributed by atoms with Gasteiger partial charge in [0.15, 0.2) is 0 Å². The molecule has 0 saturated carbocycles. The van der Waals surface area contributed by atoms with Crippen LogP contribution in [0.2, 0.25) is 5.02 Å². The third-order valence-corrected chi connectivity index (χ3v) is 2.62. The fourth-order valence-corrected chi connectivity index (χ4v) is 1.84. The molecular weight excluding hydrogens is 243 g/mol. The zero-order chi connectivity index (χ0) is 12.6. The molecule has 1 heterocycles. The molecule has 1 N–H and O–H groups in total. The second kappa shape index (κ2) is 4.30. The van der Waals surface area contributed by atoms with Crippen LogP contribution in [0.3, 0.4) is 0 Å². The molecule has 1 aromatic carbocycles. The van der Waals surface area contributed by atoms with Crippen molar-refractivity contribution in [3.8, 4) is 11.3 Å². The molecule has 0 atom stereocenters. The summed E-state index contributed by atoms with van der Waals surface area (Å²) in [6, 6.07) is 4.10. The summed E-state index contributed by atoms with van der Waals surface area (Å²) in [5, 5.41) is 0.277. The van der Waals surface area contributed by atoms with Crippen molar-refractivity contribution in [2.45, 2.75) is 13.8 Å². The Morgan fingerprint density at radius 1 is 1.29 bits per heavy atom. The zero-order valence-electron chi connectivity index (χ0n) is 9.34. The summed E-state index contributed by atoms with van der Waals surface area (Å²) in [6.45, 7) is 3.31. The Morgan fingerprint density at radius 2 is 2.00 bits per heavy atom. The predicted molar refractivity (Wildman–Crippen MR) is 64.7 cm³/mol. The number of aromatic amines is 1. The zero-order valence-corrected chi connectivity index (χ0v) is 10.1. The maximum absolute atomic E-state index is 13.2. The van der Waals surface area contributed by atoms with E-state index in [1.807, 2.05) is 0 Å². The molecule has 3 nitrogen and oxygen atoms in total. The van der Waals surface area contributed by atoms with Gasteiger partial charge in [-0.2, -0.15) is 0 Å². The maximum Gasteiger partial charge on any atom is 0.254 e. The third kappa shape index (κ3) is 2.36. The Bertz CT molecular complexity index is 617. The van der Waals surface area contributed by atoms with Crippen LogP contribution in [0.5, 0.6) is 0 Å². The number of benzene rings is 1. The van der Waals surface area contributed by atoms with E-state index < -0.39 is 5.82 Å². The van der Waals surface area contributed by atoms with Gasteiger partial charge in [-0.3, -0.25) is 4.79 Å². The third-order valence-electron chi connectivity index (χ3n) is 2.41. The highest BCUT2D eigenvalue weighted by Crippen LogP contribution is 2.23. The van der Waals surface area contributed by atoms with E-state index in [1.54, 1.807) is 19.9 Å². The van der Waals surface area contributed by atoms with Crippen molar-refractivity contribution < 1.29 is 4.39 Å².